The maximum atomic E-state index is 12.0. The van der Waals surface area contributed by atoms with Crippen molar-refractivity contribution < 1.29 is 4.79 Å². The second-order valence-corrected chi connectivity index (χ2v) is 4.68. The minimum Gasteiger partial charge on any atom is -0.336 e. The zero-order chi connectivity index (χ0) is 12.9. The highest BCUT2D eigenvalue weighted by Crippen LogP contribution is 2.21. The summed E-state index contributed by atoms with van der Waals surface area (Å²) in [6, 6.07) is 10.8. The van der Waals surface area contributed by atoms with Crippen LogP contribution in [0.15, 0.2) is 30.3 Å². The van der Waals surface area contributed by atoms with E-state index in [-0.39, 0.29) is 5.91 Å². The molecule has 0 heterocycles. The Morgan fingerprint density at radius 1 is 1.41 bits per heavy atom. The Kier molecular flexibility index (Phi) is 4.28. The van der Waals surface area contributed by atoms with Crippen LogP contribution in [0.1, 0.15) is 38.8 Å². The molecule has 1 aromatic rings. The number of carbonyl (C=O) groups is 1. The summed E-state index contributed by atoms with van der Waals surface area (Å²) < 4.78 is 0. The van der Waals surface area contributed by atoms with E-state index in [1.807, 2.05) is 51.1 Å². The first-order chi connectivity index (χ1) is 8.01. The van der Waals surface area contributed by atoms with E-state index in [1.54, 1.807) is 0 Å². The molecule has 90 valence electrons. The summed E-state index contributed by atoms with van der Waals surface area (Å²) in [4.78, 5) is 12.0. The van der Waals surface area contributed by atoms with Crippen molar-refractivity contribution in [3.8, 4) is 6.07 Å². The molecule has 0 aromatic heterocycles. The van der Waals surface area contributed by atoms with Gasteiger partial charge in [-0.15, -0.1) is 0 Å². The number of amides is 1. The Balaban J connectivity index is 2.80. The van der Waals surface area contributed by atoms with Gasteiger partial charge < -0.3 is 5.32 Å². The summed E-state index contributed by atoms with van der Waals surface area (Å²) in [6.07, 6.45) is 0.742. The van der Waals surface area contributed by atoms with Gasteiger partial charge in [0.25, 0.3) is 0 Å². The minimum atomic E-state index is -0.575. The molecule has 0 radical (unpaired) electrons. The summed E-state index contributed by atoms with van der Waals surface area (Å²) in [5.74, 6) is -0.0876. The standard InChI is InChI=1S/C14H18N2O/c1-4-14(2,3)13(17)16-12(10-15)11-8-6-5-7-9-11/h5-9,12H,4H2,1-3H3,(H,16,17). The number of carbonyl (C=O) groups excluding carboxylic acids is 1. The first-order valence-corrected chi connectivity index (χ1v) is 5.77. The lowest BCUT2D eigenvalue weighted by Crippen LogP contribution is -2.38. The van der Waals surface area contributed by atoms with E-state index in [2.05, 4.69) is 11.4 Å². The number of rotatable bonds is 4. The van der Waals surface area contributed by atoms with Crippen LogP contribution in [0, 0.1) is 16.7 Å². The van der Waals surface area contributed by atoms with Gasteiger partial charge in [0, 0.05) is 5.41 Å². The van der Waals surface area contributed by atoms with Crippen molar-refractivity contribution in [3.63, 3.8) is 0 Å². The zero-order valence-corrected chi connectivity index (χ0v) is 10.5. The van der Waals surface area contributed by atoms with Crippen LogP contribution in [0.5, 0.6) is 0 Å². The van der Waals surface area contributed by atoms with Crippen molar-refractivity contribution in [2.24, 2.45) is 5.41 Å². The summed E-state index contributed by atoms with van der Waals surface area (Å²) in [6.45, 7) is 5.72. The van der Waals surface area contributed by atoms with E-state index in [0.717, 1.165) is 12.0 Å². The maximum absolute atomic E-state index is 12.0. The van der Waals surface area contributed by atoms with Crippen LogP contribution in [0.4, 0.5) is 0 Å². The fourth-order valence-electron chi connectivity index (χ4n) is 1.32. The highest BCUT2D eigenvalue weighted by molar-refractivity contribution is 5.82. The molecule has 1 unspecified atom stereocenters. The smallest absolute Gasteiger partial charge is 0.226 e. The number of nitrogens with zero attached hydrogens (tertiary/aromatic N) is 1. The van der Waals surface area contributed by atoms with Crippen LogP contribution in [0.25, 0.3) is 0 Å². The molecule has 1 amide bonds. The normalized spacial score (nSPS) is 12.6. The Bertz CT molecular complexity index is 418. The van der Waals surface area contributed by atoms with Gasteiger partial charge in [0.1, 0.15) is 6.04 Å². The predicted molar refractivity (Wildman–Crippen MR) is 67.0 cm³/mol. The van der Waals surface area contributed by atoms with Gasteiger partial charge in [-0.3, -0.25) is 4.79 Å². The van der Waals surface area contributed by atoms with Crippen molar-refractivity contribution in [3.05, 3.63) is 35.9 Å². The van der Waals surface area contributed by atoms with Gasteiger partial charge in [-0.05, 0) is 12.0 Å². The fourth-order valence-corrected chi connectivity index (χ4v) is 1.32. The minimum absolute atomic E-state index is 0.0876. The van der Waals surface area contributed by atoms with E-state index in [0.29, 0.717) is 0 Å². The van der Waals surface area contributed by atoms with E-state index < -0.39 is 11.5 Å². The third-order valence-electron chi connectivity index (χ3n) is 3.04. The Morgan fingerprint density at radius 2 is 2.00 bits per heavy atom. The van der Waals surface area contributed by atoms with Crippen molar-refractivity contribution in [1.29, 1.82) is 5.26 Å². The van der Waals surface area contributed by atoms with E-state index >= 15 is 0 Å². The molecule has 0 spiro atoms. The second kappa shape index (κ2) is 5.49. The van der Waals surface area contributed by atoms with Gasteiger partial charge in [0.15, 0.2) is 0 Å². The summed E-state index contributed by atoms with van der Waals surface area (Å²) in [7, 11) is 0. The van der Waals surface area contributed by atoms with Gasteiger partial charge in [-0.25, -0.2) is 0 Å². The van der Waals surface area contributed by atoms with Gasteiger partial charge in [0.05, 0.1) is 6.07 Å². The Hall–Kier alpha value is -1.82. The Morgan fingerprint density at radius 3 is 2.47 bits per heavy atom. The van der Waals surface area contributed by atoms with E-state index in [9.17, 15) is 4.79 Å². The van der Waals surface area contributed by atoms with Crippen molar-refractivity contribution >= 4 is 5.91 Å². The van der Waals surface area contributed by atoms with Crippen LogP contribution in [-0.2, 0) is 4.79 Å². The van der Waals surface area contributed by atoms with Crippen LogP contribution >= 0.6 is 0 Å². The summed E-state index contributed by atoms with van der Waals surface area (Å²) in [5.41, 5.74) is 0.374. The molecule has 1 rings (SSSR count). The molecule has 1 N–H and O–H groups in total. The largest absolute Gasteiger partial charge is 0.336 e. The molecule has 17 heavy (non-hydrogen) atoms. The third-order valence-corrected chi connectivity index (χ3v) is 3.04. The van der Waals surface area contributed by atoms with E-state index in [4.69, 9.17) is 5.26 Å². The molecule has 0 aliphatic rings. The van der Waals surface area contributed by atoms with Crippen molar-refractivity contribution in [2.45, 2.75) is 33.2 Å². The fraction of sp³-hybridized carbons (Fsp3) is 0.429. The highest BCUT2D eigenvalue weighted by atomic mass is 16.2. The monoisotopic (exact) mass is 230 g/mol. The number of nitrogens with one attached hydrogen (secondary N) is 1. The molecule has 0 fully saturated rings. The first kappa shape index (κ1) is 13.2. The lowest BCUT2D eigenvalue weighted by atomic mass is 9.88. The van der Waals surface area contributed by atoms with Crippen molar-refractivity contribution in [1.82, 2.24) is 5.32 Å². The molecule has 0 saturated carbocycles. The molecule has 3 heteroatoms. The first-order valence-electron chi connectivity index (χ1n) is 5.77. The lowest BCUT2D eigenvalue weighted by Gasteiger charge is -2.23. The van der Waals surface area contributed by atoms with Gasteiger partial charge in [0.2, 0.25) is 5.91 Å². The molecule has 1 aromatic carbocycles. The highest BCUT2D eigenvalue weighted by Gasteiger charge is 2.27. The van der Waals surface area contributed by atoms with Crippen LogP contribution in [0.2, 0.25) is 0 Å². The molecule has 1 atom stereocenters. The van der Waals surface area contributed by atoms with Crippen LogP contribution < -0.4 is 5.32 Å². The Labute approximate surface area is 102 Å². The second-order valence-electron chi connectivity index (χ2n) is 4.68. The predicted octanol–water partition coefficient (Wildman–Crippen LogP) is 2.80. The van der Waals surface area contributed by atoms with E-state index in [1.165, 1.54) is 0 Å². The zero-order valence-electron chi connectivity index (χ0n) is 10.5. The number of benzene rings is 1. The average molecular weight is 230 g/mol. The molecule has 3 nitrogen and oxygen atoms in total. The SMILES string of the molecule is CCC(C)(C)C(=O)NC(C#N)c1ccccc1. The molecule has 0 aliphatic carbocycles. The number of hydrogen-bond acceptors (Lipinski definition) is 2. The van der Waals surface area contributed by atoms with Crippen LogP contribution in [0.3, 0.4) is 0 Å². The lowest BCUT2D eigenvalue weighted by molar-refractivity contribution is -0.129. The van der Waals surface area contributed by atoms with Crippen molar-refractivity contribution in [2.75, 3.05) is 0 Å². The quantitative estimate of drug-likeness (QED) is 0.864. The van der Waals surface area contributed by atoms with Gasteiger partial charge in [-0.1, -0.05) is 51.1 Å². The topological polar surface area (TPSA) is 52.9 Å². The molecular formula is C14H18N2O. The maximum Gasteiger partial charge on any atom is 0.226 e. The molecule has 0 saturated heterocycles. The summed E-state index contributed by atoms with van der Waals surface area (Å²) >= 11 is 0. The molecule has 0 bridgehead atoms. The molecule has 0 aliphatic heterocycles. The van der Waals surface area contributed by atoms with Crippen LogP contribution in [-0.4, -0.2) is 5.91 Å². The molecular weight excluding hydrogens is 212 g/mol. The summed E-state index contributed by atoms with van der Waals surface area (Å²) in [5, 5.41) is 11.9. The average Bonchev–Trinajstić information content (AvgIpc) is 2.36. The van der Waals surface area contributed by atoms with Gasteiger partial charge >= 0.3 is 0 Å². The third kappa shape index (κ3) is 3.32. The van der Waals surface area contributed by atoms with Gasteiger partial charge in [-0.2, -0.15) is 5.26 Å². The number of hydrogen-bond donors (Lipinski definition) is 1. The number of nitriles is 1.